The molecule has 3 aromatic rings. The van der Waals surface area contributed by atoms with Crippen LogP contribution in [0.2, 0.25) is 10.0 Å². The summed E-state index contributed by atoms with van der Waals surface area (Å²) in [6.45, 7) is -0.346. The minimum atomic E-state index is -0.866. The van der Waals surface area contributed by atoms with E-state index in [1.165, 1.54) is 26.4 Å². The minimum absolute atomic E-state index is 0.0383. The molecule has 0 aliphatic rings. The van der Waals surface area contributed by atoms with Gasteiger partial charge in [-0.15, -0.1) is 0 Å². The van der Waals surface area contributed by atoms with Crippen molar-refractivity contribution in [3.8, 4) is 17.1 Å². The number of hydrogen-bond acceptors (Lipinski definition) is 8. The lowest BCUT2D eigenvalue weighted by Crippen LogP contribution is -2.18. The second-order valence-corrected chi connectivity index (χ2v) is 7.28. The third-order valence-electron chi connectivity index (χ3n) is 4.38. The zero-order chi connectivity index (χ0) is 24.0. The van der Waals surface area contributed by atoms with Gasteiger partial charge in [-0.2, -0.15) is 0 Å². The number of anilines is 1. The van der Waals surface area contributed by atoms with Gasteiger partial charge in [-0.1, -0.05) is 53.5 Å². The monoisotopic (exact) mass is 493 g/mol. The predicted molar refractivity (Wildman–Crippen MR) is 120 cm³/mol. The fourth-order valence-corrected chi connectivity index (χ4v) is 3.18. The van der Waals surface area contributed by atoms with Crippen molar-refractivity contribution in [2.45, 2.75) is 6.61 Å². The molecular formula is C22H18Cl2FN3O5. The van der Waals surface area contributed by atoms with Gasteiger partial charge in [0.15, 0.2) is 23.1 Å². The molecule has 0 saturated heterocycles. The Bertz CT molecular complexity index is 1180. The van der Waals surface area contributed by atoms with Gasteiger partial charge in [0.2, 0.25) is 0 Å². The highest BCUT2D eigenvalue weighted by molar-refractivity contribution is 6.35. The van der Waals surface area contributed by atoms with Crippen LogP contribution >= 0.6 is 23.2 Å². The normalized spacial score (nSPS) is 10.5. The summed E-state index contributed by atoms with van der Waals surface area (Å²) >= 11 is 12.3. The lowest BCUT2D eigenvalue weighted by Gasteiger charge is -2.14. The highest BCUT2D eigenvalue weighted by atomic mass is 35.5. The summed E-state index contributed by atoms with van der Waals surface area (Å²) in [4.78, 5) is 32.6. The average molecular weight is 494 g/mol. The molecule has 1 N–H and O–H groups in total. The summed E-state index contributed by atoms with van der Waals surface area (Å²) < 4.78 is 29.9. The number of carbonyl (C=O) groups is 2. The first kappa shape index (κ1) is 24.2. The van der Waals surface area contributed by atoms with E-state index in [9.17, 15) is 14.0 Å². The molecule has 1 heterocycles. The number of aromatic nitrogens is 2. The van der Waals surface area contributed by atoms with E-state index in [0.717, 1.165) is 5.56 Å². The van der Waals surface area contributed by atoms with Crippen molar-refractivity contribution in [1.82, 2.24) is 9.97 Å². The van der Waals surface area contributed by atoms with Gasteiger partial charge >= 0.3 is 11.9 Å². The summed E-state index contributed by atoms with van der Waals surface area (Å²) in [5, 5.41) is 2.49. The highest BCUT2D eigenvalue weighted by Gasteiger charge is 2.24. The number of carbonyl (C=O) groups excluding carboxylic acids is 2. The standard InChI is InChI=1S/C22H18Cl2FN3O5/c1-31-15(29)10-26-21-16(24)18(22(30)33-11-12-6-4-3-5-7-12)27-20(28-21)13-8-9-14(23)19(32-2)17(13)25/h3-9H,10-11H2,1-2H3,(H,26,27,28). The van der Waals surface area contributed by atoms with Crippen LogP contribution < -0.4 is 10.1 Å². The number of nitrogens with zero attached hydrogens (tertiary/aromatic N) is 2. The van der Waals surface area contributed by atoms with Crippen LogP contribution in [0.15, 0.2) is 42.5 Å². The third kappa shape index (κ3) is 5.68. The van der Waals surface area contributed by atoms with Crippen molar-refractivity contribution in [2.75, 3.05) is 26.1 Å². The summed E-state index contributed by atoms with van der Waals surface area (Å²) in [6.07, 6.45) is 0. The Balaban J connectivity index is 2.03. The van der Waals surface area contributed by atoms with E-state index in [4.69, 9.17) is 32.7 Å². The number of hydrogen-bond donors (Lipinski definition) is 1. The second kappa shape index (κ2) is 10.9. The Morgan fingerprint density at radius 1 is 1.06 bits per heavy atom. The molecule has 0 bridgehead atoms. The Kier molecular flexibility index (Phi) is 8.02. The zero-order valence-electron chi connectivity index (χ0n) is 17.5. The van der Waals surface area contributed by atoms with Crippen LogP contribution in [0, 0.1) is 5.82 Å². The van der Waals surface area contributed by atoms with Crippen molar-refractivity contribution >= 4 is 41.0 Å². The minimum Gasteiger partial charge on any atom is -0.492 e. The molecule has 0 fully saturated rings. The lowest BCUT2D eigenvalue weighted by atomic mass is 10.1. The number of methoxy groups -OCH3 is 2. The maximum absolute atomic E-state index is 15.0. The molecule has 0 saturated carbocycles. The molecule has 172 valence electrons. The van der Waals surface area contributed by atoms with E-state index in [-0.39, 0.29) is 51.8 Å². The largest absolute Gasteiger partial charge is 0.492 e. The summed E-state index contributed by atoms with van der Waals surface area (Å²) in [5.41, 5.74) is 0.318. The van der Waals surface area contributed by atoms with Crippen LogP contribution in [0.25, 0.3) is 11.4 Å². The Morgan fingerprint density at radius 3 is 2.45 bits per heavy atom. The molecule has 0 radical (unpaired) electrons. The maximum atomic E-state index is 15.0. The fraction of sp³-hybridized carbons (Fsp3) is 0.182. The molecule has 0 unspecified atom stereocenters. The first-order chi connectivity index (χ1) is 15.8. The van der Waals surface area contributed by atoms with Crippen LogP contribution in [-0.2, 0) is 20.9 Å². The van der Waals surface area contributed by atoms with Gasteiger partial charge in [-0.25, -0.2) is 19.2 Å². The van der Waals surface area contributed by atoms with Crippen molar-refractivity contribution < 1.29 is 28.2 Å². The zero-order valence-corrected chi connectivity index (χ0v) is 19.0. The topological polar surface area (TPSA) is 99.6 Å². The number of esters is 2. The lowest BCUT2D eigenvalue weighted by molar-refractivity contribution is -0.138. The molecule has 0 spiro atoms. The molecule has 0 amide bonds. The first-order valence-electron chi connectivity index (χ1n) is 9.47. The Morgan fingerprint density at radius 2 is 1.79 bits per heavy atom. The van der Waals surface area contributed by atoms with Crippen molar-refractivity contribution in [3.63, 3.8) is 0 Å². The summed E-state index contributed by atoms with van der Waals surface area (Å²) in [7, 11) is 2.46. The van der Waals surface area contributed by atoms with Gasteiger partial charge in [-0.05, 0) is 17.7 Å². The van der Waals surface area contributed by atoms with Crippen LogP contribution in [-0.4, -0.2) is 42.7 Å². The van der Waals surface area contributed by atoms with E-state index in [2.05, 4.69) is 20.0 Å². The summed E-state index contributed by atoms with van der Waals surface area (Å²) in [5.74, 6) is -2.83. The molecule has 8 nitrogen and oxygen atoms in total. The fourth-order valence-electron chi connectivity index (χ4n) is 2.73. The molecule has 1 aromatic heterocycles. The third-order valence-corrected chi connectivity index (χ3v) is 5.03. The van der Waals surface area contributed by atoms with Gasteiger partial charge in [-0.3, -0.25) is 4.79 Å². The van der Waals surface area contributed by atoms with Gasteiger partial charge in [0.25, 0.3) is 0 Å². The first-order valence-corrected chi connectivity index (χ1v) is 10.2. The quantitative estimate of drug-likeness (QED) is 0.456. The highest BCUT2D eigenvalue weighted by Crippen LogP contribution is 2.35. The molecule has 0 atom stereocenters. The van der Waals surface area contributed by atoms with Gasteiger partial charge in [0.05, 0.1) is 24.8 Å². The van der Waals surface area contributed by atoms with E-state index in [1.54, 1.807) is 24.3 Å². The number of halogens is 3. The van der Waals surface area contributed by atoms with Gasteiger partial charge < -0.3 is 19.5 Å². The molecule has 33 heavy (non-hydrogen) atoms. The SMILES string of the molecule is COC(=O)CNc1nc(-c2ccc(Cl)c(OC)c2F)nc(C(=O)OCc2ccccc2)c1Cl. The smallest absolute Gasteiger partial charge is 0.359 e. The Labute approximate surface area is 198 Å². The van der Waals surface area contributed by atoms with Crippen molar-refractivity contribution in [3.05, 3.63) is 69.6 Å². The molecular weight excluding hydrogens is 476 g/mol. The van der Waals surface area contributed by atoms with E-state index in [1.807, 2.05) is 6.07 Å². The predicted octanol–water partition coefficient (Wildman–Crippen LogP) is 4.54. The van der Waals surface area contributed by atoms with Crippen molar-refractivity contribution in [2.24, 2.45) is 0 Å². The molecule has 0 aliphatic heterocycles. The van der Waals surface area contributed by atoms with Gasteiger partial charge in [0, 0.05) is 0 Å². The van der Waals surface area contributed by atoms with Crippen LogP contribution in [0.5, 0.6) is 5.75 Å². The van der Waals surface area contributed by atoms with E-state index >= 15 is 0 Å². The molecule has 0 aliphatic carbocycles. The van der Waals surface area contributed by atoms with E-state index < -0.39 is 17.8 Å². The number of benzene rings is 2. The summed E-state index contributed by atoms with van der Waals surface area (Å²) in [6, 6.07) is 11.7. The van der Waals surface area contributed by atoms with Gasteiger partial charge in [0.1, 0.15) is 24.0 Å². The van der Waals surface area contributed by atoms with Crippen LogP contribution in [0.3, 0.4) is 0 Å². The number of rotatable bonds is 8. The molecule has 3 rings (SSSR count). The van der Waals surface area contributed by atoms with E-state index in [0.29, 0.717) is 0 Å². The molecule has 11 heteroatoms. The number of nitrogens with one attached hydrogen (secondary N) is 1. The maximum Gasteiger partial charge on any atom is 0.359 e. The average Bonchev–Trinajstić information content (AvgIpc) is 2.82. The Hall–Kier alpha value is -3.43. The number of ether oxygens (including phenoxy) is 3. The molecule has 2 aromatic carbocycles. The second-order valence-electron chi connectivity index (χ2n) is 6.49. The van der Waals surface area contributed by atoms with Crippen LogP contribution in [0.4, 0.5) is 10.2 Å². The van der Waals surface area contributed by atoms with Crippen molar-refractivity contribution in [1.29, 1.82) is 0 Å². The van der Waals surface area contributed by atoms with Crippen LogP contribution in [0.1, 0.15) is 16.1 Å².